The van der Waals surface area contributed by atoms with E-state index < -0.39 is 11.2 Å². The molecule has 2 aromatic rings. The third-order valence-electron chi connectivity index (χ3n) is 5.11. The standard InChI is InChI=1S/C21H21N3O3/c25-19-17(12-15-13-22-18-9-5-4-8-16(15)18)20(26)24(21(27)23-19)11-10-14-6-2-1-3-7-14/h4-6,8-9,12-13,26H,1-3,7,10-11H2,(H,23,25,27). The quantitative estimate of drug-likeness (QED) is 0.816. The van der Waals surface area contributed by atoms with Crippen molar-refractivity contribution in [3.63, 3.8) is 0 Å². The summed E-state index contributed by atoms with van der Waals surface area (Å²) in [4.78, 5) is 31.1. The Bertz CT molecular complexity index is 1090. The van der Waals surface area contributed by atoms with Gasteiger partial charge in [-0.25, -0.2) is 4.79 Å². The van der Waals surface area contributed by atoms with Crippen molar-refractivity contribution in [3.8, 4) is 5.88 Å². The van der Waals surface area contributed by atoms with Crippen molar-refractivity contribution in [1.82, 2.24) is 9.55 Å². The molecule has 0 saturated heterocycles. The van der Waals surface area contributed by atoms with Crippen LogP contribution in [0.15, 0.2) is 50.5 Å². The number of nitrogens with one attached hydrogen (secondary N) is 1. The fraction of sp³-hybridized carbons (Fsp3) is 0.286. The van der Waals surface area contributed by atoms with Crippen molar-refractivity contribution >= 4 is 23.6 Å². The van der Waals surface area contributed by atoms with Gasteiger partial charge in [-0.1, -0.05) is 29.8 Å². The molecule has 1 aromatic carbocycles. The van der Waals surface area contributed by atoms with E-state index in [1.54, 1.807) is 12.3 Å². The summed E-state index contributed by atoms with van der Waals surface area (Å²) in [6, 6.07) is 7.58. The Balaban J connectivity index is 1.69. The van der Waals surface area contributed by atoms with Crippen LogP contribution in [0.2, 0.25) is 0 Å². The molecule has 27 heavy (non-hydrogen) atoms. The van der Waals surface area contributed by atoms with Gasteiger partial charge < -0.3 is 5.11 Å². The number of nitrogens with zero attached hydrogens (tertiary/aromatic N) is 2. The third kappa shape index (κ3) is 3.43. The highest BCUT2D eigenvalue weighted by atomic mass is 16.3. The smallest absolute Gasteiger partial charge is 0.331 e. The van der Waals surface area contributed by atoms with Crippen molar-refractivity contribution in [2.45, 2.75) is 38.6 Å². The van der Waals surface area contributed by atoms with Crippen LogP contribution in [0.4, 0.5) is 5.69 Å². The van der Waals surface area contributed by atoms with E-state index in [-0.39, 0.29) is 11.4 Å². The summed E-state index contributed by atoms with van der Waals surface area (Å²) in [7, 11) is 0. The predicted molar refractivity (Wildman–Crippen MR) is 107 cm³/mol. The molecule has 0 fully saturated rings. The molecule has 138 valence electrons. The zero-order chi connectivity index (χ0) is 18.8. The van der Waals surface area contributed by atoms with Gasteiger partial charge in [0.05, 0.1) is 5.69 Å². The molecular weight excluding hydrogens is 342 g/mol. The van der Waals surface area contributed by atoms with E-state index in [1.165, 1.54) is 16.6 Å². The largest absolute Gasteiger partial charge is 0.494 e. The van der Waals surface area contributed by atoms with E-state index in [4.69, 9.17) is 0 Å². The molecule has 6 heteroatoms. The van der Waals surface area contributed by atoms with Crippen LogP contribution < -0.4 is 11.2 Å². The predicted octanol–water partition coefficient (Wildman–Crippen LogP) is 3.39. The van der Waals surface area contributed by atoms with Gasteiger partial charge in [0.15, 0.2) is 0 Å². The summed E-state index contributed by atoms with van der Waals surface area (Å²) in [6.07, 6.45) is 10.6. The van der Waals surface area contributed by atoms with Gasteiger partial charge in [0, 0.05) is 23.9 Å². The lowest BCUT2D eigenvalue weighted by Crippen LogP contribution is -2.31. The number of H-pyrrole nitrogens is 1. The van der Waals surface area contributed by atoms with Crippen LogP contribution in [-0.2, 0) is 6.54 Å². The molecule has 1 aromatic heterocycles. The van der Waals surface area contributed by atoms with E-state index in [9.17, 15) is 14.7 Å². The Hall–Kier alpha value is -3.15. The number of para-hydroxylation sites is 1. The fourth-order valence-electron chi connectivity index (χ4n) is 3.61. The lowest BCUT2D eigenvalue weighted by Gasteiger charge is -2.14. The minimum atomic E-state index is -0.601. The zero-order valence-electron chi connectivity index (χ0n) is 14.9. The van der Waals surface area contributed by atoms with E-state index in [0.29, 0.717) is 13.0 Å². The molecule has 2 heterocycles. The first-order valence-electron chi connectivity index (χ1n) is 9.22. The second kappa shape index (κ2) is 7.23. The molecule has 2 aliphatic rings. The minimum absolute atomic E-state index is 0.0744. The van der Waals surface area contributed by atoms with Gasteiger partial charge in [-0.15, -0.1) is 0 Å². The van der Waals surface area contributed by atoms with E-state index in [1.807, 2.05) is 24.3 Å². The molecule has 2 N–H and O–H groups in total. The lowest BCUT2D eigenvalue weighted by atomic mass is 9.97. The lowest BCUT2D eigenvalue weighted by molar-refractivity contribution is 0.397. The summed E-state index contributed by atoms with van der Waals surface area (Å²) in [5, 5.41) is 10.6. The molecule has 0 atom stereocenters. The summed E-state index contributed by atoms with van der Waals surface area (Å²) >= 11 is 0. The van der Waals surface area contributed by atoms with E-state index >= 15 is 0 Å². The van der Waals surface area contributed by atoms with Gasteiger partial charge >= 0.3 is 5.69 Å². The molecule has 0 unspecified atom stereocenters. The van der Waals surface area contributed by atoms with Crippen LogP contribution in [0.3, 0.4) is 0 Å². The van der Waals surface area contributed by atoms with Gasteiger partial charge in [0.25, 0.3) is 5.56 Å². The van der Waals surface area contributed by atoms with Crippen molar-refractivity contribution in [2.24, 2.45) is 4.99 Å². The molecular formula is C21H21N3O3. The van der Waals surface area contributed by atoms with Crippen LogP contribution in [-0.4, -0.2) is 20.9 Å². The number of hydrogen-bond donors (Lipinski definition) is 2. The fourth-order valence-corrected chi connectivity index (χ4v) is 3.61. The highest BCUT2D eigenvalue weighted by molar-refractivity contribution is 6.21. The Morgan fingerprint density at radius 2 is 2.07 bits per heavy atom. The second-order valence-corrected chi connectivity index (χ2v) is 6.88. The Kier molecular flexibility index (Phi) is 4.62. The Morgan fingerprint density at radius 3 is 2.89 bits per heavy atom. The topological polar surface area (TPSA) is 87.5 Å². The van der Waals surface area contributed by atoms with E-state index in [0.717, 1.165) is 36.1 Å². The number of aromatic nitrogens is 2. The molecule has 1 aliphatic heterocycles. The Labute approximate surface area is 156 Å². The van der Waals surface area contributed by atoms with E-state index in [2.05, 4.69) is 16.1 Å². The van der Waals surface area contributed by atoms with Gasteiger partial charge in [-0.3, -0.25) is 19.3 Å². The number of rotatable bonds is 4. The molecule has 6 nitrogen and oxygen atoms in total. The first kappa shape index (κ1) is 17.3. The number of allylic oxidation sites excluding steroid dienone is 3. The molecule has 0 radical (unpaired) electrons. The molecule has 0 spiro atoms. The zero-order valence-corrected chi connectivity index (χ0v) is 14.9. The van der Waals surface area contributed by atoms with Gasteiger partial charge in [-0.05, 0) is 44.2 Å². The van der Waals surface area contributed by atoms with Crippen LogP contribution in [0.25, 0.3) is 11.6 Å². The average molecular weight is 363 g/mol. The van der Waals surface area contributed by atoms with Gasteiger partial charge in [0.2, 0.25) is 5.88 Å². The summed E-state index contributed by atoms with van der Waals surface area (Å²) in [5.41, 5.74) is 2.62. The number of aliphatic imine (C=N–C) groups is 1. The van der Waals surface area contributed by atoms with Crippen molar-refractivity contribution in [2.75, 3.05) is 0 Å². The number of aromatic amines is 1. The normalized spacial score (nSPS) is 17.2. The number of benzene rings is 1. The highest BCUT2D eigenvalue weighted by Crippen LogP contribution is 2.32. The first-order chi connectivity index (χ1) is 13.1. The maximum Gasteiger partial charge on any atom is 0.331 e. The van der Waals surface area contributed by atoms with Crippen LogP contribution >= 0.6 is 0 Å². The summed E-state index contributed by atoms with van der Waals surface area (Å²) in [6.45, 7) is 0.341. The van der Waals surface area contributed by atoms with Crippen molar-refractivity contribution in [3.05, 3.63) is 67.9 Å². The van der Waals surface area contributed by atoms with Gasteiger partial charge in [-0.2, -0.15) is 0 Å². The van der Waals surface area contributed by atoms with Crippen LogP contribution in [0.1, 0.15) is 43.2 Å². The van der Waals surface area contributed by atoms with Crippen molar-refractivity contribution in [1.29, 1.82) is 0 Å². The van der Waals surface area contributed by atoms with Crippen LogP contribution in [0, 0.1) is 0 Å². The molecule has 4 rings (SSSR count). The highest BCUT2D eigenvalue weighted by Gasteiger charge is 2.17. The van der Waals surface area contributed by atoms with Crippen LogP contribution in [0.5, 0.6) is 5.88 Å². The number of aromatic hydroxyl groups is 1. The molecule has 0 bridgehead atoms. The molecule has 0 amide bonds. The third-order valence-corrected chi connectivity index (χ3v) is 5.11. The maximum atomic E-state index is 12.3. The second-order valence-electron chi connectivity index (χ2n) is 6.88. The first-order valence-corrected chi connectivity index (χ1v) is 9.22. The number of hydrogen-bond acceptors (Lipinski definition) is 4. The summed E-state index contributed by atoms with van der Waals surface area (Å²) in [5.74, 6) is -0.301. The average Bonchev–Trinajstić information content (AvgIpc) is 3.09. The van der Waals surface area contributed by atoms with Gasteiger partial charge in [0.1, 0.15) is 5.56 Å². The maximum absolute atomic E-state index is 12.3. The monoisotopic (exact) mass is 363 g/mol. The Morgan fingerprint density at radius 1 is 1.22 bits per heavy atom. The molecule has 0 saturated carbocycles. The minimum Gasteiger partial charge on any atom is -0.494 e. The number of fused-ring (bicyclic) bond motifs is 1. The SMILES string of the molecule is O=c1[nH]c(=O)n(CCC2=CCCCC2)c(O)c1C=C1C=Nc2ccccc21. The molecule has 1 aliphatic carbocycles. The van der Waals surface area contributed by atoms with Crippen molar-refractivity contribution < 1.29 is 5.11 Å². The summed E-state index contributed by atoms with van der Waals surface area (Å²) < 4.78 is 1.24.